The van der Waals surface area contributed by atoms with E-state index >= 15 is 0 Å². The highest BCUT2D eigenvalue weighted by Gasteiger charge is 2.31. The van der Waals surface area contributed by atoms with Gasteiger partial charge in [0.05, 0.1) is 5.56 Å². The van der Waals surface area contributed by atoms with Crippen LogP contribution in [0.1, 0.15) is 56.8 Å². The summed E-state index contributed by atoms with van der Waals surface area (Å²) in [7, 11) is 0. The molecular formula is C20H18N2O2. The van der Waals surface area contributed by atoms with Crippen LogP contribution in [0.2, 0.25) is 0 Å². The zero-order chi connectivity index (χ0) is 16.5. The molecule has 0 N–H and O–H groups in total. The van der Waals surface area contributed by atoms with Gasteiger partial charge in [0.1, 0.15) is 5.69 Å². The van der Waals surface area contributed by atoms with E-state index in [4.69, 9.17) is 0 Å². The van der Waals surface area contributed by atoms with Gasteiger partial charge in [0.2, 0.25) is 5.78 Å². The maximum Gasteiger partial charge on any atom is 0.212 e. The molecule has 1 aliphatic heterocycles. The standard InChI is InChI=1S/C20H18N2O2/c23-19-15-6-2-3-7-16(15)20(24)18-17(19)14(8-10-21-18)9-13-22-11-4-1-5-12-22/h2-3,6-10,13H,1,4-5,11-12H2/b13-9-. The predicted octanol–water partition coefficient (Wildman–Crippen LogP) is 3.31. The third-order valence-corrected chi connectivity index (χ3v) is 4.70. The molecule has 120 valence electrons. The molecule has 1 saturated heterocycles. The number of benzene rings is 1. The summed E-state index contributed by atoms with van der Waals surface area (Å²) in [5, 5.41) is 0. The maximum atomic E-state index is 12.9. The number of carbonyl (C=O) groups is 2. The molecule has 1 aromatic heterocycles. The van der Waals surface area contributed by atoms with Gasteiger partial charge in [-0.1, -0.05) is 24.3 Å². The van der Waals surface area contributed by atoms with Crippen molar-refractivity contribution in [2.75, 3.05) is 13.1 Å². The van der Waals surface area contributed by atoms with E-state index in [1.165, 1.54) is 19.3 Å². The van der Waals surface area contributed by atoms with Crippen molar-refractivity contribution in [3.05, 3.63) is 70.7 Å². The third kappa shape index (κ3) is 2.44. The number of likely N-dealkylation sites (tertiary alicyclic amines) is 1. The van der Waals surface area contributed by atoms with E-state index in [2.05, 4.69) is 9.88 Å². The SMILES string of the molecule is O=C1c2ccccc2C(=O)c2c(/C=C\N3CCCCC3)ccnc21. The minimum Gasteiger partial charge on any atom is -0.377 e. The van der Waals surface area contributed by atoms with E-state index in [-0.39, 0.29) is 17.3 Å². The van der Waals surface area contributed by atoms with E-state index < -0.39 is 0 Å². The summed E-state index contributed by atoms with van der Waals surface area (Å²) < 4.78 is 0. The first kappa shape index (κ1) is 14.8. The Morgan fingerprint density at radius 3 is 2.38 bits per heavy atom. The van der Waals surface area contributed by atoms with E-state index in [1.54, 1.807) is 36.5 Å². The fourth-order valence-electron chi connectivity index (χ4n) is 3.42. The third-order valence-electron chi connectivity index (χ3n) is 4.70. The van der Waals surface area contributed by atoms with Crippen molar-refractivity contribution in [3.63, 3.8) is 0 Å². The number of nitrogens with zero attached hydrogens (tertiary/aromatic N) is 2. The lowest BCUT2D eigenvalue weighted by Gasteiger charge is -2.25. The second-order valence-corrected chi connectivity index (χ2v) is 6.24. The van der Waals surface area contributed by atoms with Gasteiger partial charge in [-0.15, -0.1) is 0 Å². The summed E-state index contributed by atoms with van der Waals surface area (Å²) >= 11 is 0. The van der Waals surface area contributed by atoms with Gasteiger partial charge in [-0.05, 0) is 43.2 Å². The van der Waals surface area contributed by atoms with Crippen molar-refractivity contribution in [3.8, 4) is 0 Å². The number of pyridine rings is 1. The number of hydrogen-bond acceptors (Lipinski definition) is 4. The first-order chi connectivity index (χ1) is 11.8. The molecule has 24 heavy (non-hydrogen) atoms. The zero-order valence-corrected chi connectivity index (χ0v) is 13.4. The Morgan fingerprint density at radius 2 is 1.62 bits per heavy atom. The minimum atomic E-state index is -0.173. The molecular weight excluding hydrogens is 300 g/mol. The van der Waals surface area contributed by atoms with Crippen LogP contribution in [0.5, 0.6) is 0 Å². The number of hydrogen-bond donors (Lipinski definition) is 0. The molecule has 1 aliphatic carbocycles. The predicted molar refractivity (Wildman–Crippen MR) is 92.0 cm³/mol. The highest BCUT2D eigenvalue weighted by molar-refractivity contribution is 6.28. The Kier molecular flexibility index (Phi) is 3.73. The Morgan fingerprint density at radius 1 is 0.917 bits per heavy atom. The van der Waals surface area contributed by atoms with Crippen molar-refractivity contribution in [2.24, 2.45) is 0 Å². The van der Waals surface area contributed by atoms with E-state index in [0.717, 1.165) is 18.7 Å². The summed E-state index contributed by atoms with van der Waals surface area (Å²) in [6.45, 7) is 2.08. The van der Waals surface area contributed by atoms with Crippen molar-refractivity contribution in [1.82, 2.24) is 9.88 Å². The molecule has 0 unspecified atom stereocenters. The highest BCUT2D eigenvalue weighted by Crippen LogP contribution is 2.28. The molecule has 2 aliphatic rings. The van der Waals surface area contributed by atoms with Gasteiger partial charge < -0.3 is 4.90 Å². The minimum absolute atomic E-state index is 0.119. The molecule has 1 fully saturated rings. The van der Waals surface area contributed by atoms with Crippen molar-refractivity contribution in [1.29, 1.82) is 0 Å². The quantitative estimate of drug-likeness (QED) is 0.727. The summed E-state index contributed by atoms with van der Waals surface area (Å²) in [5.74, 6) is -0.292. The van der Waals surface area contributed by atoms with Gasteiger partial charge >= 0.3 is 0 Å². The average molecular weight is 318 g/mol. The van der Waals surface area contributed by atoms with Crippen LogP contribution in [0.15, 0.2) is 42.7 Å². The fraction of sp³-hybridized carbons (Fsp3) is 0.250. The van der Waals surface area contributed by atoms with E-state index in [9.17, 15) is 9.59 Å². The molecule has 0 spiro atoms. The summed E-state index contributed by atoms with van der Waals surface area (Å²) in [6.07, 6.45) is 9.25. The van der Waals surface area contributed by atoms with Gasteiger partial charge in [-0.3, -0.25) is 14.6 Å². The molecule has 0 saturated carbocycles. The largest absolute Gasteiger partial charge is 0.377 e. The van der Waals surface area contributed by atoms with Crippen LogP contribution >= 0.6 is 0 Å². The van der Waals surface area contributed by atoms with E-state index in [0.29, 0.717) is 16.7 Å². The number of fused-ring (bicyclic) bond motifs is 2. The number of piperidine rings is 1. The first-order valence-corrected chi connectivity index (χ1v) is 8.35. The van der Waals surface area contributed by atoms with Crippen LogP contribution in [0.25, 0.3) is 6.08 Å². The summed E-state index contributed by atoms with van der Waals surface area (Å²) in [6, 6.07) is 8.77. The molecule has 0 radical (unpaired) electrons. The van der Waals surface area contributed by atoms with Gasteiger partial charge in [0, 0.05) is 30.4 Å². The topological polar surface area (TPSA) is 50.3 Å². The second-order valence-electron chi connectivity index (χ2n) is 6.24. The van der Waals surface area contributed by atoms with Gasteiger partial charge in [-0.2, -0.15) is 0 Å². The Balaban J connectivity index is 1.75. The van der Waals surface area contributed by atoms with E-state index in [1.807, 2.05) is 12.3 Å². The molecule has 2 aromatic rings. The molecule has 4 heteroatoms. The smallest absolute Gasteiger partial charge is 0.212 e. The van der Waals surface area contributed by atoms with Crippen LogP contribution in [0.3, 0.4) is 0 Å². The van der Waals surface area contributed by atoms with Crippen LogP contribution in [0, 0.1) is 0 Å². The number of carbonyl (C=O) groups excluding carboxylic acids is 2. The monoisotopic (exact) mass is 318 g/mol. The average Bonchev–Trinajstić information content (AvgIpc) is 2.65. The number of rotatable bonds is 2. The Bertz CT molecular complexity index is 848. The molecule has 0 amide bonds. The van der Waals surface area contributed by atoms with Crippen LogP contribution in [-0.2, 0) is 0 Å². The van der Waals surface area contributed by atoms with Crippen LogP contribution in [0.4, 0.5) is 0 Å². The summed E-state index contributed by atoms with van der Waals surface area (Å²) in [5.41, 5.74) is 2.36. The molecule has 0 atom stereocenters. The molecule has 4 rings (SSSR count). The fourth-order valence-corrected chi connectivity index (χ4v) is 3.42. The van der Waals surface area contributed by atoms with Crippen molar-refractivity contribution >= 4 is 17.6 Å². The first-order valence-electron chi connectivity index (χ1n) is 8.35. The van der Waals surface area contributed by atoms with Gasteiger partial charge in [-0.25, -0.2) is 0 Å². The molecule has 0 bridgehead atoms. The molecule has 1 aromatic carbocycles. The second kappa shape index (κ2) is 6.04. The lowest BCUT2D eigenvalue weighted by atomic mass is 9.85. The lowest BCUT2D eigenvalue weighted by Crippen LogP contribution is -2.25. The zero-order valence-electron chi connectivity index (χ0n) is 13.4. The highest BCUT2D eigenvalue weighted by atomic mass is 16.1. The number of aromatic nitrogens is 1. The van der Waals surface area contributed by atoms with Gasteiger partial charge in [0.15, 0.2) is 5.78 Å². The Hall–Kier alpha value is -2.75. The molecule has 2 heterocycles. The normalized spacial score (nSPS) is 17.1. The molecule has 4 nitrogen and oxygen atoms in total. The van der Waals surface area contributed by atoms with Crippen LogP contribution in [-0.4, -0.2) is 34.5 Å². The summed E-state index contributed by atoms with van der Waals surface area (Å²) in [4.78, 5) is 32.0. The lowest BCUT2D eigenvalue weighted by molar-refractivity contribution is 0.0975. The maximum absolute atomic E-state index is 12.9. The van der Waals surface area contributed by atoms with Crippen molar-refractivity contribution < 1.29 is 9.59 Å². The van der Waals surface area contributed by atoms with Crippen LogP contribution < -0.4 is 0 Å². The van der Waals surface area contributed by atoms with Gasteiger partial charge in [0.25, 0.3) is 0 Å². The number of ketones is 2. The van der Waals surface area contributed by atoms with Crippen molar-refractivity contribution in [2.45, 2.75) is 19.3 Å². The Labute approximate surface area is 140 Å².